The van der Waals surface area contributed by atoms with Crippen LogP contribution in [0.4, 0.5) is 0 Å². The molecule has 0 saturated carbocycles. The number of ether oxygens (including phenoxy) is 3. The minimum absolute atomic E-state index is 0.0471. The Morgan fingerprint density at radius 3 is 2.45 bits per heavy atom. The van der Waals surface area contributed by atoms with E-state index in [2.05, 4.69) is 22.1 Å². The molecule has 0 fully saturated rings. The first-order chi connectivity index (χ1) is 13.9. The summed E-state index contributed by atoms with van der Waals surface area (Å²) in [5.41, 5.74) is 2.56. The number of benzene rings is 1. The van der Waals surface area contributed by atoms with Gasteiger partial charge in [0.15, 0.2) is 11.5 Å². The third-order valence-electron chi connectivity index (χ3n) is 4.61. The number of allylic oxidation sites excluding steroid dienone is 1. The number of hydrogen-bond donors (Lipinski definition) is 3. The predicted octanol–water partition coefficient (Wildman–Crippen LogP) is 0.893. The fraction of sp³-hybridized carbons (Fsp3) is 0.316. The van der Waals surface area contributed by atoms with Crippen LogP contribution in [0.2, 0.25) is 0 Å². The standard InChI is InChI=1S/C19H22N4O6/c1-5-6-23-18(25)15(17(24)20-19(23)26)12-9-11(21-22-12)10-7-13(27-2)16(29-4)14(8-10)28-3/h5,7-8,11,21,25H,1,6,9H2,2-4H3,(H,20,24,26)/t11-/m0/s1. The van der Waals surface area contributed by atoms with E-state index in [4.69, 9.17) is 14.2 Å². The van der Waals surface area contributed by atoms with Crippen molar-refractivity contribution in [2.24, 2.45) is 5.10 Å². The first-order valence-corrected chi connectivity index (χ1v) is 8.74. The highest BCUT2D eigenvalue weighted by molar-refractivity contribution is 6.03. The summed E-state index contributed by atoms with van der Waals surface area (Å²) < 4.78 is 17.1. The highest BCUT2D eigenvalue weighted by atomic mass is 16.5. The maximum atomic E-state index is 12.3. The number of rotatable bonds is 7. The minimum atomic E-state index is -0.719. The predicted molar refractivity (Wildman–Crippen MR) is 106 cm³/mol. The van der Waals surface area contributed by atoms with Crippen LogP contribution in [0.5, 0.6) is 23.1 Å². The van der Waals surface area contributed by atoms with E-state index in [0.29, 0.717) is 29.4 Å². The topological polar surface area (TPSA) is 127 Å². The van der Waals surface area contributed by atoms with Crippen LogP contribution >= 0.6 is 0 Å². The van der Waals surface area contributed by atoms with Gasteiger partial charge in [-0.25, -0.2) is 4.79 Å². The Labute approximate surface area is 166 Å². The van der Waals surface area contributed by atoms with Crippen LogP contribution in [0, 0.1) is 0 Å². The van der Waals surface area contributed by atoms with Crippen molar-refractivity contribution in [2.45, 2.75) is 19.0 Å². The lowest BCUT2D eigenvalue weighted by Crippen LogP contribution is -2.33. The molecule has 0 aliphatic carbocycles. The maximum absolute atomic E-state index is 12.3. The molecule has 10 nitrogen and oxygen atoms in total. The molecule has 1 aliphatic rings. The molecule has 10 heteroatoms. The summed E-state index contributed by atoms with van der Waals surface area (Å²) in [5, 5.41) is 14.7. The zero-order chi connectivity index (χ0) is 21.1. The van der Waals surface area contributed by atoms with Crippen LogP contribution in [-0.4, -0.2) is 41.7 Å². The van der Waals surface area contributed by atoms with Crippen molar-refractivity contribution in [3.05, 3.63) is 56.8 Å². The van der Waals surface area contributed by atoms with E-state index in [1.54, 1.807) is 12.1 Å². The Bertz CT molecular complexity index is 1060. The van der Waals surface area contributed by atoms with Crippen LogP contribution in [0.1, 0.15) is 23.6 Å². The molecule has 1 aliphatic heterocycles. The molecule has 3 rings (SSSR count). The summed E-state index contributed by atoms with van der Waals surface area (Å²) in [6.07, 6.45) is 1.73. The average Bonchev–Trinajstić information content (AvgIpc) is 3.19. The SMILES string of the molecule is C=CCn1c(O)c(C2=NN[C@H](c3cc(OC)c(OC)c(OC)c3)C2)c(=O)[nH]c1=O. The van der Waals surface area contributed by atoms with Crippen molar-refractivity contribution in [1.29, 1.82) is 0 Å². The van der Waals surface area contributed by atoms with Gasteiger partial charge in [0.2, 0.25) is 11.6 Å². The summed E-state index contributed by atoms with van der Waals surface area (Å²) in [6, 6.07) is 3.25. The highest BCUT2D eigenvalue weighted by Gasteiger charge is 2.28. The third kappa shape index (κ3) is 3.56. The number of nitrogens with one attached hydrogen (secondary N) is 2. The highest BCUT2D eigenvalue weighted by Crippen LogP contribution is 2.41. The van der Waals surface area contributed by atoms with Crippen LogP contribution in [0.15, 0.2) is 39.5 Å². The van der Waals surface area contributed by atoms with E-state index >= 15 is 0 Å². The molecule has 0 saturated heterocycles. The molecule has 0 spiro atoms. The lowest BCUT2D eigenvalue weighted by molar-refractivity contribution is 0.323. The van der Waals surface area contributed by atoms with Crippen LogP contribution in [0.3, 0.4) is 0 Å². The molecule has 29 heavy (non-hydrogen) atoms. The van der Waals surface area contributed by atoms with Gasteiger partial charge in [-0.1, -0.05) is 6.08 Å². The van der Waals surface area contributed by atoms with Crippen molar-refractivity contribution in [3.63, 3.8) is 0 Å². The molecule has 3 N–H and O–H groups in total. The molecule has 1 aromatic heterocycles. The lowest BCUT2D eigenvalue weighted by atomic mass is 9.99. The van der Waals surface area contributed by atoms with Gasteiger partial charge >= 0.3 is 5.69 Å². The molecule has 1 aromatic carbocycles. The second-order valence-corrected chi connectivity index (χ2v) is 6.26. The first kappa shape index (κ1) is 20.1. The van der Waals surface area contributed by atoms with Gasteiger partial charge in [-0.05, 0) is 17.7 Å². The lowest BCUT2D eigenvalue weighted by Gasteiger charge is -2.17. The second kappa shape index (κ2) is 8.13. The van der Waals surface area contributed by atoms with Crippen molar-refractivity contribution in [1.82, 2.24) is 15.0 Å². The van der Waals surface area contributed by atoms with Crippen molar-refractivity contribution in [2.75, 3.05) is 21.3 Å². The average molecular weight is 402 g/mol. The van der Waals surface area contributed by atoms with Gasteiger partial charge in [0.25, 0.3) is 5.56 Å². The molecular weight excluding hydrogens is 380 g/mol. The van der Waals surface area contributed by atoms with Gasteiger partial charge in [0.05, 0.1) is 33.1 Å². The molecule has 2 aromatic rings. The molecule has 1 atom stereocenters. The van der Waals surface area contributed by atoms with E-state index in [9.17, 15) is 14.7 Å². The van der Waals surface area contributed by atoms with E-state index in [0.717, 1.165) is 10.1 Å². The number of aromatic amines is 1. The van der Waals surface area contributed by atoms with Crippen molar-refractivity contribution < 1.29 is 19.3 Å². The van der Waals surface area contributed by atoms with Gasteiger partial charge in [-0.3, -0.25) is 14.3 Å². The van der Waals surface area contributed by atoms with Gasteiger partial charge in [-0.2, -0.15) is 5.10 Å². The number of nitrogens with zero attached hydrogens (tertiary/aromatic N) is 2. The molecule has 0 amide bonds. The molecule has 2 heterocycles. The quantitative estimate of drug-likeness (QED) is 0.587. The van der Waals surface area contributed by atoms with Gasteiger partial charge in [0, 0.05) is 13.0 Å². The van der Waals surface area contributed by atoms with Crippen molar-refractivity contribution in [3.8, 4) is 23.1 Å². The monoisotopic (exact) mass is 402 g/mol. The Balaban J connectivity index is 1.97. The summed E-state index contributed by atoms with van der Waals surface area (Å²) >= 11 is 0. The molecular formula is C19H22N4O6. The fourth-order valence-corrected chi connectivity index (χ4v) is 3.21. The Morgan fingerprint density at radius 2 is 1.90 bits per heavy atom. The molecule has 0 bridgehead atoms. The number of aromatic nitrogens is 2. The Hall–Kier alpha value is -3.69. The summed E-state index contributed by atoms with van der Waals surface area (Å²) in [4.78, 5) is 26.4. The minimum Gasteiger partial charge on any atom is -0.494 e. The zero-order valence-corrected chi connectivity index (χ0v) is 16.3. The number of aromatic hydroxyl groups is 1. The van der Waals surface area contributed by atoms with Gasteiger partial charge in [-0.15, -0.1) is 6.58 Å². The molecule has 0 radical (unpaired) electrons. The summed E-state index contributed by atoms with van der Waals surface area (Å²) in [6.45, 7) is 3.59. The van der Waals surface area contributed by atoms with Crippen molar-refractivity contribution >= 4 is 5.71 Å². The Kier molecular flexibility index (Phi) is 5.62. The maximum Gasteiger partial charge on any atom is 0.331 e. The third-order valence-corrected chi connectivity index (χ3v) is 4.61. The number of hydrogen-bond acceptors (Lipinski definition) is 8. The molecule has 154 valence electrons. The van der Waals surface area contributed by atoms with Crippen LogP contribution in [0.25, 0.3) is 0 Å². The number of methoxy groups -OCH3 is 3. The Morgan fingerprint density at radius 1 is 1.24 bits per heavy atom. The van der Waals surface area contributed by atoms with Gasteiger partial charge in [0.1, 0.15) is 5.56 Å². The first-order valence-electron chi connectivity index (χ1n) is 8.74. The van der Waals surface area contributed by atoms with E-state index in [1.807, 2.05) is 0 Å². The van der Waals surface area contributed by atoms with E-state index < -0.39 is 17.1 Å². The second-order valence-electron chi connectivity index (χ2n) is 6.26. The smallest absolute Gasteiger partial charge is 0.331 e. The van der Waals surface area contributed by atoms with Gasteiger partial charge < -0.3 is 24.7 Å². The molecule has 0 unspecified atom stereocenters. The summed E-state index contributed by atoms with van der Waals surface area (Å²) in [5.74, 6) is 0.975. The fourth-order valence-electron chi connectivity index (χ4n) is 3.21. The van der Waals surface area contributed by atoms with Crippen LogP contribution in [-0.2, 0) is 6.54 Å². The largest absolute Gasteiger partial charge is 0.494 e. The van der Waals surface area contributed by atoms with Crippen LogP contribution < -0.4 is 30.9 Å². The number of H-pyrrole nitrogens is 1. The normalized spacial score (nSPS) is 15.4. The van der Waals surface area contributed by atoms with E-state index in [1.165, 1.54) is 27.4 Å². The van der Waals surface area contributed by atoms with E-state index in [-0.39, 0.29) is 18.2 Å². The number of hydrazone groups is 1. The summed E-state index contributed by atoms with van der Waals surface area (Å²) in [7, 11) is 4.55. The zero-order valence-electron chi connectivity index (χ0n) is 16.3.